The van der Waals surface area contributed by atoms with E-state index < -0.39 is 11.8 Å². The van der Waals surface area contributed by atoms with Crippen LogP contribution >= 0.6 is 11.3 Å². The van der Waals surface area contributed by atoms with Crippen molar-refractivity contribution in [3.05, 3.63) is 69.2 Å². The van der Waals surface area contributed by atoms with E-state index in [1.807, 2.05) is 30.3 Å². The van der Waals surface area contributed by atoms with Gasteiger partial charge in [0.1, 0.15) is 10.5 Å². The number of aromatic amines is 1. The zero-order chi connectivity index (χ0) is 20.5. The van der Waals surface area contributed by atoms with Crippen LogP contribution in [0.25, 0.3) is 21.5 Å². The van der Waals surface area contributed by atoms with Crippen molar-refractivity contribution in [2.75, 3.05) is 0 Å². The highest BCUT2D eigenvalue weighted by molar-refractivity contribution is 7.20. The van der Waals surface area contributed by atoms with Crippen molar-refractivity contribution in [3.63, 3.8) is 0 Å². The van der Waals surface area contributed by atoms with Crippen molar-refractivity contribution in [1.29, 1.82) is 0 Å². The van der Waals surface area contributed by atoms with Crippen LogP contribution in [0.15, 0.2) is 47.5 Å². The third kappa shape index (κ3) is 3.41. The predicted molar refractivity (Wildman–Crippen MR) is 109 cm³/mol. The minimum atomic E-state index is -0.541. The van der Waals surface area contributed by atoms with Gasteiger partial charge in [0.25, 0.3) is 17.4 Å². The Morgan fingerprint density at radius 3 is 2.62 bits per heavy atom. The quantitative estimate of drug-likeness (QED) is 0.446. The Hall–Kier alpha value is -3.79. The molecule has 0 bridgehead atoms. The molecular weight excluding hydrogens is 392 g/mol. The number of nitrogens with zero attached hydrogens (tertiary/aromatic N) is 3. The number of hydrazine groups is 1. The molecule has 1 aromatic carbocycles. The van der Waals surface area contributed by atoms with Gasteiger partial charge < -0.3 is 4.57 Å². The van der Waals surface area contributed by atoms with Crippen molar-refractivity contribution in [2.45, 2.75) is 6.92 Å². The van der Waals surface area contributed by atoms with Crippen LogP contribution in [0.3, 0.4) is 0 Å². The molecule has 0 fully saturated rings. The van der Waals surface area contributed by atoms with Gasteiger partial charge in [-0.1, -0.05) is 30.3 Å². The van der Waals surface area contributed by atoms with E-state index >= 15 is 0 Å². The molecule has 0 aliphatic carbocycles. The molecule has 146 valence electrons. The first kappa shape index (κ1) is 18.6. The number of aryl methyl sites for hydroxylation is 2. The number of carbonyl (C=O) groups excluding carboxylic acids is 2. The summed E-state index contributed by atoms with van der Waals surface area (Å²) in [5.41, 5.74) is 6.70. The van der Waals surface area contributed by atoms with E-state index in [1.54, 1.807) is 20.0 Å². The second kappa shape index (κ2) is 7.32. The molecular formula is C19H16N6O3S. The maximum atomic E-state index is 12.5. The molecule has 4 aromatic rings. The van der Waals surface area contributed by atoms with Crippen LogP contribution in [0.5, 0.6) is 0 Å². The zero-order valence-electron chi connectivity index (χ0n) is 15.5. The third-order valence-corrected chi connectivity index (χ3v) is 5.60. The van der Waals surface area contributed by atoms with Gasteiger partial charge in [-0.3, -0.25) is 30.3 Å². The highest BCUT2D eigenvalue weighted by Gasteiger charge is 2.20. The minimum Gasteiger partial charge on any atom is -0.302 e. The highest BCUT2D eigenvalue weighted by atomic mass is 32.1. The van der Waals surface area contributed by atoms with E-state index in [4.69, 9.17) is 0 Å². The van der Waals surface area contributed by atoms with E-state index in [0.717, 1.165) is 16.9 Å². The van der Waals surface area contributed by atoms with Crippen LogP contribution in [0.1, 0.15) is 25.7 Å². The van der Waals surface area contributed by atoms with Gasteiger partial charge in [0.2, 0.25) is 0 Å². The van der Waals surface area contributed by atoms with Gasteiger partial charge in [-0.25, -0.2) is 4.98 Å². The SMILES string of the molecule is Cc1c(C(=O)NNC(=O)c2cc(-c3ccccc3)n[nH]2)sc2ncn(C)c(=O)c12. The normalized spacial score (nSPS) is 10.8. The van der Waals surface area contributed by atoms with Gasteiger partial charge >= 0.3 is 0 Å². The lowest BCUT2D eigenvalue weighted by Gasteiger charge is -2.05. The van der Waals surface area contributed by atoms with Crippen LogP contribution in [-0.2, 0) is 7.05 Å². The molecule has 0 aliphatic rings. The third-order valence-electron chi connectivity index (χ3n) is 4.40. The first-order valence-corrected chi connectivity index (χ1v) is 9.43. The van der Waals surface area contributed by atoms with Crippen LogP contribution in [0.4, 0.5) is 0 Å². The molecule has 0 aliphatic heterocycles. The van der Waals surface area contributed by atoms with Gasteiger partial charge in [0.05, 0.1) is 22.3 Å². The van der Waals surface area contributed by atoms with E-state index in [9.17, 15) is 14.4 Å². The van der Waals surface area contributed by atoms with E-state index in [1.165, 1.54) is 10.9 Å². The number of fused-ring (bicyclic) bond motifs is 1. The first-order chi connectivity index (χ1) is 14.0. The molecule has 3 N–H and O–H groups in total. The topological polar surface area (TPSA) is 122 Å². The lowest BCUT2D eigenvalue weighted by Crippen LogP contribution is -2.41. The number of carbonyl (C=O) groups is 2. The summed E-state index contributed by atoms with van der Waals surface area (Å²) in [6.45, 7) is 1.68. The van der Waals surface area contributed by atoms with Gasteiger partial charge in [0.15, 0.2) is 0 Å². The number of amides is 2. The fourth-order valence-corrected chi connectivity index (χ4v) is 3.89. The fraction of sp³-hybridized carbons (Fsp3) is 0.105. The second-order valence-electron chi connectivity index (χ2n) is 6.34. The molecule has 3 heterocycles. The molecule has 2 amide bonds. The van der Waals surface area contributed by atoms with E-state index in [0.29, 0.717) is 26.4 Å². The largest absolute Gasteiger partial charge is 0.302 e. The number of nitrogens with one attached hydrogen (secondary N) is 3. The summed E-state index contributed by atoms with van der Waals surface area (Å²) in [5, 5.41) is 7.16. The van der Waals surface area contributed by atoms with Crippen LogP contribution in [-0.4, -0.2) is 31.6 Å². The van der Waals surface area contributed by atoms with Crippen molar-refractivity contribution in [2.24, 2.45) is 7.05 Å². The Morgan fingerprint density at radius 2 is 1.86 bits per heavy atom. The standard InChI is InChI=1S/C19H16N6O3S/c1-10-14-18(20-9-25(2)19(14)28)29-15(10)17(27)24-23-16(26)13-8-12(21-22-13)11-6-4-3-5-7-11/h3-9H,1-2H3,(H,21,22)(H,23,26)(H,24,27). The van der Waals surface area contributed by atoms with E-state index in [-0.39, 0.29) is 11.3 Å². The molecule has 4 rings (SSSR count). The monoisotopic (exact) mass is 408 g/mol. The molecule has 0 atom stereocenters. The van der Waals surface area contributed by atoms with Crippen molar-refractivity contribution in [3.8, 4) is 11.3 Å². The predicted octanol–water partition coefficient (Wildman–Crippen LogP) is 1.77. The molecule has 3 aromatic heterocycles. The molecule has 0 saturated heterocycles. The van der Waals surface area contributed by atoms with Gasteiger partial charge in [-0.15, -0.1) is 11.3 Å². The Kier molecular flexibility index (Phi) is 4.69. The van der Waals surface area contributed by atoms with Crippen molar-refractivity contribution in [1.82, 2.24) is 30.6 Å². The van der Waals surface area contributed by atoms with Crippen LogP contribution in [0, 0.1) is 6.92 Å². The number of H-pyrrole nitrogens is 1. The highest BCUT2D eigenvalue weighted by Crippen LogP contribution is 2.26. The summed E-state index contributed by atoms with van der Waals surface area (Å²) in [6.07, 6.45) is 1.41. The maximum Gasteiger partial charge on any atom is 0.287 e. The number of hydrogen-bond acceptors (Lipinski definition) is 6. The second-order valence-corrected chi connectivity index (χ2v) is 7.34. The Balaban J connectivity index is 1.49. The smallest absolute Gasteiger partial charge is 0.287 e. The summed E-state index contributed by atoms with van der Waals surface area (Å²) in [7, 11) is 1.60. The number of rotatable bonds is 3. The number of aromatic nitrogens is 4. The van der Waals surface area contributed by atoms with Crippen molar-refractivity contribution < 1.29 is 9.59 Å². The zero-order valence-corrected chi connectivity index (χ0v) is 16.3. The molecule has 10 heteroatoms. The fourth-order valence-electron chi connectivity index (χ4n) is 2.86. The number of benzene rings is 1. The maximum absolute atomic E-state index is 12.5. The van der Waals surface area contributed by atoms with E-state index in [2.05, 4.69) is 26.0 Å². The Bertz CT molecular complexity index is 1290. The van der Waals surface area contributed by atoms with Crippen LogP contribution in [0.2, 0.25) is 0 Å². The summed E-state index contributed by atoms with van der Waals surface area (Å²) in [5.74, 6) is -1.07. The molecule has 9 nitrogen and oxygen atoms in total. The number of hydrogen-bond donors (Lipinski definition) is 3. The molecule has 29 heavy (non-hydrogen) atoms. The average molecular weight is 408 g/mol. The summed E-state index contributed by atoms with van der Waals surface area (Å²) in [4.78, 5) is 42.1. The molecule has 0 radical (unpaired) electrons. The van der Waals surface area contributed by atoms with Crippen molar-refractivity contribution >= 4 is 33.4 Å². The average Bonchev–Trinajstić information content (AvgIpc) is 3.35. The number of thiophene rings is 1. The Labute approximate surface area is 168 Å². The molecule has 0 unspecified atom stereocenters. The lowest BCUT2D eigenvalue weighted by molar-refractivity contribution is 0.0846. The molecule has 0 spiro atoms. The van der Waals surface area contributed by atoms with Gasteiger partial charge in [0, 0.05) is 12.6 Å². The Morgan fingerprint density at radius 1 is 1.14 bits per heavy atom. The van der Waals surface area contributed by atoms with Crippen LogP contribution < -0.4 is 16.4 Å². The summed E-state index contributed by atoms with van der Waals surface area (Å²) in [6, 6.07) is 11.0. The van der Waals surface area contributed by atoms with Gasteiger partial charge in [-0.05, 0) is 18.6 Å². The minimum absolute atomic E-state index is 0.202. The first-order valence-electron chi connectivity index (χ1n) is 8.62. The van der Waals surface area contributed by atoms with Gasteiger partial charge in [-0.2, -0.15) is 5.10 Å². The summed E-state index contributed by atoms with van der Waals surface area (Å²) < 4.78 is 1.36. The molecule has 0 saturated carbocycles. The lowest BCUT2D eigenvalue weighted by atomic mass is 10.1. The summed E-state index contributed by atoms with van der Waals surface area (Å²) >= 11 is 1.10.